The molecule has 0 aromatic carbocycles. The van der Waals surface area contributed by atoms with E-state index in [4.69, 9.17) is 4.74 Å². The molecule has 0 aromatic rings. The van der Waals surface area contributed by atoms with Crippen molar-refractivity contribution in [2.75, 3.05) is 7.11 Å². The van der Waals surface area contributed by atoms with Gasteiger partial charge >= 0.3 is 5.97 Å². The second-order valence-corrected chi connectivity index (χ2v) is 1.88. The van der Waals surface area contributed by atoms with Crippen LogP contribution >= 0.6 is 0 Å². The van der Waals surface area contributed by atoms with Gasteiger partial charge in [-0.1, -0.05) is 0 Å². The maximum Gasteiger partial charge on any atom is 0.307 e. The Balaban J connectivity index is 3.45. The Morgan fingerprint density at radius 3 is 2.60 bits per heavy atom. The van der Waals surface area contributed by atoms with E-state index in [1.165, 1.54) is 13.2 Å². The fourth-order valence-corrected chi connectivity index (χ4v) is 0.324. The van der Waals surface area contributed by atoms with E-state index in [0.717, 1.165) is 0 Å². The first-order valence-corrected chi connectivity index (χ1v) is 3.03. The zero-order chi connectivity index (χ0) is 7.98. The third-order valence-electron chi connectivity index (χ3n) is 0.955. The first-order valence-electron chi connectivity index (χ1n) is 3.03. The van der Waals surface area contributed by atoms with Crippen molar-refractivity contribution >= 4 is 5.97 Å². The monoisotopic (exact) mass is 144 g/mol. The van der Waals surface area contributed by atoms with Crippen molar-refractivity contribution in [1.29, 1.82) is 0 Å². The van der Waals surface area contributed by atoms with E-state index in [-0.39, 0.29) is 12.1 Å². The molecule has 3 heteroatoms. The minimum atomic E-state index is -0.320. The quantitative estimate of drug-likeness (QED) is 0.439. The summed E-state index contributed by atoms with van der Waals surface area (Å²) in [7, 11) is 1.59. The maximum absolute atomic E-state index is 10.2. The van der Waals surface area contributed by atoms with Gasteiger partial charge in [0.15, 0.2) is 0 Å². The third kappa shape index (κ3) is 5.31. The van der Waals surface area contributed by atoms with Crippen LogP contribution in [0.15, 0.2) is 12.3 Å². The molecule has 0 aromatic heterocycles. The summed E-state index contributed by atoms with van der Waals surface area (Å²) in [4.78, 5) is 10.2. The lowest BCUT2D eigenvalue weighted by Crippen LogP contribution is -2.00. The summed E-state index contributed by atoms with van der Waals surface area (Å²) < 4.78 is 9.37. The predicted molar refractivity (Wildman–Crippen MR) is 37.4 cm³/mol. The van der Waals surface area contributed by atoms with Crippen LogP contribution in [0.3, 0.4) is 0 Å². The van der Waals surface area contributed by atoms with Crippen LogP contribution in [0.25, 0.3) is 0 Å². The first kappa shape index (κ1) is 9.17. The standard InChI is InChI=1S/C7H12O3/c1-6(9-3)4-5-10-7(2)8/h4-6H,1-3H3. The Hall–Kier alpha value is -0.830. The lowest BCUT2D eigenvalue weighted by Gasteiger charge is -2.00. The molecule has 58 valence electrons. The molecular weight excluding hydrogens is 132 g/mol. The summed E-state index contributed by atoms with van der Waals surface area (Å²) in [5.41, 5.74) is 0. The Bertz CT molecular complexity index is 129. The Morgan fingerprint density at radius 1 is 1.60 bits per heavy atom. The minimum Gasteiger partial charge on any atom is -0.435 e. The number of ether oxygens (including phenoxy) is 2. The second kappa shape index (κ2) is 4.99. The maximum atomic E-state index is 10.2. The van der Waals surface area contributed by atoms with Gasteiger partial charge in [-0.25, -0.2) is 0 Å². The number of rotatable bonds is 3. The van der Waals surface area contributed by atoms with Crippen molar-refractivity contribution in [2.24, 2.45) is 0 Å². The van der Waals surface area contributed by atoms with Gasteiger partial charge in [-0.2, -0.15) is 0 Å². The number of carbonyl (C=O) groups is 1. The van der Waals surface area contributed by atoms with Gasteiger partial charge in [-0.05, 0) is 13.0 Å². The van der Waals surface area contributed by atoms with Gasteiger partial charge in [-0.15, -0.1) is 0 Å². The number of esters is 1. The molecule has 0 aliphatic heterocycles. The van der Waals surface area contributed by atoms with Gasteiger partial charge in [0.25, 0.3) is 0 Å². The van der Waals surface area contributed by atoms with Crippen molar-refractivity contribution in [2.45, 2.75) is 20.0 Å². The van der Waals surface area contributed by atoms with Crippen LogP contribution < -0.4 is 0 Å². The van der Waals surface area contributed by atoms with E-state index < -0.39 is 0 Å². The van der Waals surface area contributed by atoms with Crippen molar-refractivity contribution in [3.63, 3.8) is 0 Å². The summed E-state index contributed by atoms with van der Waals surface area (Å²) in [5.74, 6) is -0.320. The average molecular weight is 144 g/mol. The van der Waals surface area contributed by atoms with Gasteiger partial charge in [0.2, 0.25) is 0 Å². The molecule has 0 saturated heterocycles. The smallest absolute Gasteiger partial charge is 0.307 e. The molecule has 0 aliphatic rings. The normalized spacial score (nSPS) is 13.5. The van der Waals surface area contributed by atoms with E-state index in [0.29, 0.717) is 0 Å². The van der Waals surface area contributed by atoms with E-state index >= 15 is 0 Å². The fourth-order valence-electron chi connectivity index (χ4n) is 0.324. The van der Waals surface area contributed by atoms with Gasteiger partial charge in [0.1, 0.15) is 0 Å². The van der Waals surface area contributed by atoms with Crippen LogP contribution in [-0.4, -0.2) is 19.2 Å². The largest absolute Gasteiger partial charge is 0.435 e. The summed E-state index contributed by atoms with van der Waals surface area (Å²) >= 11 is 0. The molecule has 0 spiro atoms. The van der Waals surface area contributed by atoms with Crippen LogP contribution in [0.5, 0.6) is 0 Å². The SMILES string of the molecule is COC(C)C=COC(C)=O. The summed E-state index contributed by atoms with van der Waals surface area (Å²) in [6.07, 6.45) is 2.97. The lowest BCUT2D eigenvalue weighted by molar-refractivity contribution is -0.135. The third-order valence-corrected chi connectivity index (χ3v) is 0.955. The molecular formula is C7H12O3. The molecule has 10 heavy (non-hydrogen) atoms. The van der Waals surface area contributed by atoms with Crippen molar-refractivity contribution in [3.05, 3.63) is 12.3 Å². The highest BCUT2D eigenvalue weighted by molar-refractivity contribution is 5.66. The fraction of sp³-hybridized carbons (Fsp3) is 0.571. The Morgan fingerprint density at radius 2 is 2.20 bits per heavy atom. The molecule has 0 rings (SSSR count). The Kier molecular flexibility index (Phi) is 4.58. The molecule has 0 amide bonds. The lowest BCUT2D eigenvalue weighted by atomic mass is 10.4. The molecule has 3 nitrogen and oxygen atoms in total. The van der Waals surface area contributed by atoms with Crippen LogP contribution in [0.2, 0.25) is 0 Å². The van der Waals surface area contributed by atoms with E-state index in [2.05, 4.69) is 4.74 Å². The molecule has 0 heterocycles. The van der Waals surface area contributed by atoms with Crippen molar-refractivity contribution in [1.82, 2.24) is 0 Å². The molecule has 0 fully saturated rings. The summed E-state index contributed by atoms with van der Waals surface area (Å²) in [6, 6.07) is 0. The highest BCUT2D eigenvalue weighted by Crippen LogP contribution is 1.89. The zero-order valence-corrected chi connectivity index (χ0v) is 6.46. The molecule has 0 radical (unpaired) electrons. The summed E-state index contributed by atoms with van der Waals surface area (Å²) in [6.45, 7) is 3.20. The molecule has 0 bridgehead atoms. The zero-order valence-electron chi connectivity index (χ0n) is 6.46. The van der Waals surface area contributed by atoms with E-state index in [1.54, 1.807) is 13.2 Å². The van der Waals surface area contributed by atoms with Gasteiger partial charge in [0.05, 0.1) is 12.4 Å². The molecule has 0 aliphatic carbocycles. The Labute approximate surface area is 60.6 Å². The highest BCUT2D eigenvalue weighted by atomic mass is 16.5. The highest BCUT2D eigenvalue weighted by Gasteiger charge is 1.90. The summed E-state index contributed by atoms with van der Waals surface area (Å²) in [5, 5.41) is 0. The van der Waals surface area contributed by atoms with E-state index in [9.17, 15) is 4.79 Å². The first-order chi connectivity index (χ1) is 4.66. The van der Waals surface area contributed by atoms with Crippen LogP contribution in [-0.2, 0) is 14.3 Å². The van der Waals surface area contributed by atoms with Crippen molar-refractivity contribution < 1.29 is 14.3 Å². The number of hydrogen-bond acceptors (Lipinski definition) is 3. The van der Waals surface area contributed by atoms with E-state index in [1.807, 2.05) is 6.92 Å². The second-order valence-electron chi connectivity index (χ2n) is 1.88. The van der Waals surface area contributed by atoms with Crippen LogP contribution in [0, 0.1) is 0 Å². The molecule has 0 saturated carbocycles. The average Bonchev–Trinajstić information content (AvgIpc) is 1.87. The number of methoxy groups -OCH3 is 1. The number of hydrogen-bond donors (Lipinski definition) is 0. The number of carbonyl (C=O) groups excluding carboxylic acids is 1. The van der Waals surface area contributed by atoms with Crippen molar-refractivity contribution in [3.8, 4) is 0 Å². The molecule has 0 N–H and O–H groups in total. The predicted octanol–water partition coefficient (Wildman–Crippen LogP) is 1.10. The minimum absolute atomic E-state index is 0.0145. The van der Waals surface area contributed by atoms with Gasteiger partial charge < -0.3 is 9.47 Å². The molecule has 1 unspecified atom stereocenters. The van der Waals surface area contributed by atoms with Gasteiger partial charge in [0, 0.05) is 14.0 Å². The van der Waals surface area contributed by atoms with Gasteiger partial charge in [-0.3, -0.25) is 4.79 Å². The van der Waals surface area contributed by atoms with Crippen LogP contribution in [0.1, 0.15) is 13.8 Å². The van der Waals surface area contributed by atoms with Crippen LogP contribution in [0.4, 0.5) is 0 Å². The topological polar surface area (TPSA) is 35.5 Å². The molecule has 1 atom stereocenters.